The zero-order chi connectivity index (χ0) is 13.9. The number of ether oxygens (including phenoxy) is 1. The highest BCUT2D eigenvalue weighted by molar-refractivity contribution is 5.14. The maximum atomic E-state index is 13.5. The summed E-state index contributed by atoms with van der Waals surface area (Å²) in [5, 5.41) is 0. The minimum absolute atomic E-state index is 0.0206. The summed E-state index contributed by atoms with van der Waals surface area (Å²) in [6, 6.07) is 0. The molecule has 0 aromatic rings. The first kappa shape index (κ1) is 13.6. The summed E-state index contributed by atoms with van der Waals surface area (Å²) >= 11 is 0. The number of alkyl halides is 4. The van der Waals surface area contributed by atoms with Gasteiger partial charge in [-0.25, -0.2) is 17.6 Å². The van der Waals surface area contributed by atoms with Gasteiger partial charge in [0.2, 0.25) is 0 Å². The van der Waals surface area contributed by atoms with Crippen molar-refractivity contribution in [1.29, 1.82) is 0 Å². The molecule has 2 nitrogen and oxygen atoms in total. The zero-order valence-electron chi connectivity index (χ0n) is 11.0. The van der Waals surface area contributed by atoms with Crippen molar-refractivity contribution in [1.82, 2.24) is 4.90 Å². The number of hydrogen-bond acceptors (Lipinski definition) is 2. The van der Waals surface area contributed by atoms with Crippen LogP contribution in [0.3, 0.4) is 0 Å². The predicted octanol–water partition coefficient (Wildman–Crippen LogP) is 2.78. The van der Waals surface area contributed by atoms with Crippen molar-refractivity contribution in [3.05, 3.63) is 0 Å². The van der Waals surface area contributed by atoms with Crippen LogP contribution >= 0.6 is 0 Å². The van der Waals surface area contributed by atoms with E-state index in [1.54, 1.807) is 0 Å². The molecule has 0 N–H and O–H groups in total. The van der Waals surface area contributed by atoms with E-state index in [0.717, 1.165) is 0 Å². The van der Waals surface area contributed by atoms with Crippen LogP contribution in [0.15, 0.2) is 0 Å². The van der Waals surface area contributed by atoms with Gasteiger partial charge >= 0.3 is 0 Å². The molecule has 0 amide bonds. The molecular weight excluding hydrogens is 262 g/mol. The Hall–Kier alpha value is -0.360. The van der Waals surface area contributed by atoms with E-state index in [4.69, 9.17) is 4.74 Å². The third-order valence-corrected chi connectivity index (χ3v) is 5.18. The summed E-state index contributed by atoms with van der Waals surface area (Å²) in [6.45, 7) is 1.29. The molecule has 1 unspecified atom stereocenters. The standard InChI is InChI=1S/C13H19F4NO/c1-19-9-11(7-13(11,16)17)8-18-4-2-10(3-5-18)6-12(10,14)15/h2-9H2,1H3. The number of piperidine rings is 1. The van der Waals surface area contributed by atoms with E-state index in [9.17, 15) is 17.6 Å². The molecule has 2 aliphatic carbocycles. The number of rotatable bonds is 4. The van der Waals surface area contributed by atoms with Crippen LogP contribution in [-0.4, -0.2) is 50.1 Å². The molecule has 0 radical (unpaired) electrons. The van der Waals surface area contributed by atoms with Crippen LogP contribution in [0, 0.1) is 10.8 Å². The molecule has 110 valence electrons. The Kier molecular flexibility index (Phi) is 2.76. The highest BCUT2D eigenvalue weighted by Crippen LogP contribution is 2.66. The lowest BCUT2D eigenvalue weighted by atomic mass is 9.92. The molecule has 1 spiro atoms. The highest BCUT2D eigenvalue weighted by atomic mass is 19.3. The van der Waals surface area contributed by atoms with Crippen molar-refractivity contribution in [2.45, 2.75) is 37.5 Å². The van der Waals surface area contributed by atoms with Crippen molar-refractivity contribution in [2.75, 3.05) is 33.4 Å². The topological polar surface area (TPSA) is 12.5 Å². The van der Waals surface area contributed by atoms with Crippen LogP contribution in [0.2, 0.25) is 0 Å². The Morgan fingerprint density at radius 2 is 1.53 bits per heavy atom. The van der Waals surface area contributed by atoms with Crippen molar-refractivity contribution in [3.8, 4) is 0 Å². The zero-order valence-corrected chi connectivity index (χ0v) is 11.0. The maximum Gasteiger partial charge on any atom is 0.258 e. The highest BCUT2D eigenvalue weighted by Gasteiger charge is 2.73. The number of methoxy groups -OCH3 is 1. The van der Waals surface area contributed by atoms with E-state index in [1.807, 2.05) is 4.90 Å². The number of nitrogens with zero attached hydrogens (tertiary/aromatic N) is 1. The van der Waals surface area contributed by atoms with Gasteiger partial charge in [0.15, 0.2) is 0 Å². The van der Waals surface area contributed by atoms with Gasteiger partial charge in [-0.1, -0.05) is 0 Å². The molecule has 0 aromatic carbocycles. The Morgan fingerprint density at radius 1 is 1.00 bits per heavy atom. The Morgan fingerprint density at radius 3 is 1.89 bits per heavy atom. The molecule has 3 aliphatic rings. The Balaban J connectivity index is 1.56. The molecule has 0 bridgehead atoms. The molecule has 3 rings (SSSR count). The van der Waals surface area contributed by atoms with E-state index >= 15 is 0 Å². The summed E-state index contributed by atoms with van der Waals surface area (Å²) in [6.07, 6.45) is 0.683. The third-order valence-electron chi connectivity index (χ3n) is 5.18. The van der Waals surface area contributed by atoms with Crippen LogP contribution in [0.5, 0.6) is 0 Å². The summed E-state index contributed by atoms with van der Waals surface area (Å²) in [5.41, 5.74) is -1.90. The SMILES string of the molecule is COCC1(CN2CCC3(CC2)CC3(F)F)CC1(F)F. The predicted molar refractivity (Wildman–Crippen MR) is 61.5 cm³/mol. The van der Waals surface area contributed by atoms with E-state index < -0.39 is 22.7 Å². The molecule has 0 aromatic heterocycles. The quantitative estimate of drug-likeness (QED) is 0.735. The average Bonchev–Trinajstić information content (AvgIpc) is 3.03. The van der Waals surface area contributed by atoms with Gasteiger partial charge in [-0.05, 0) is 25.9 Å². The Labute approximate surface area is 110 Å². The minimum atomic E-state index is -2.67. The fourth-order valence-electron chi connectivity index (χ4n) is 3.52. The van der Waals surface area contributed by atoms with Gasteiger partial charge < -0.3 is 9.64 Å². The van der Waals surface area contributed by atoms with Crippen molar-refractivity contribution >= 4 is 0 Å². The molecular formula is C13H19F4NO. The Bertz CT molecular complexity index is 379. The van der Waals surface area contributed by atoms with Crippen molar-refractivity contribution in [3.63, 3.8) is 0 Å². The lowest BCUT2D eigenvalue weighted by molar-refractivity contribution is -0.0107. The first-order chi connectivity index (χ1) is 8.76. The molecule has 6 heteroatoms. The molecule has 19 heavy (non-hydrogen) atoms. The molecule has 2 saturated carbocycles. The van der Waals surface area contributed by atoms with Crippen LogP contribution in [0.4, 0.5) is 17.6 Å². The van der Waals surface area contributed by atoms with Crippen LogP contribution in [-0.2, 0) is 4.74 Å². The van der Waals surface area contributed by atoms with E-state index in [-0.39, 0.29) is 26.0 Å². The van der Waals surface area contributed by atoms with Crippen molar-refractivity contribution < 1.29 is 22.3 Å². The van der Waals surface area contributed by atoms with Gasteiger partial charge in [0, 0.05) is 31.9 Å². The second kappa shape index (κ2) is 3.85. The normalized spacial score (nSPS) is 38.4. The number of halogens is 4. The van der Waals surface area contributed by atoms with Gasteiger partial charge in [-0.15, -0.1) is 0 Å². The first-order valence-corrected chi connectivity index (χ1v) is 6.73. The summed E-state index contributed by atoms with van der Waals surface area (Å²) in [4.78, 5) is 1.90. The lowest BCUT2D eigenvalue weighted by Gasteiger charge is -2.34. The number of hydrogen-bond donors (Lipinski definition) is 0. The van der Waals surface area contributed by atoms with Crippen LogP contribution in [0.1, 0.15) is 25.7 Å². The minimum Gasteiger partial charge on any atom is -0.384 e. The van der Waals surface area contributed by atoms with Crippen LogP contribution in [0.25, 0.3) is 0 Å². The van der Waals surface area contributed by atoms with E-state index in [1.165, 1.54) is 7.11 Å². The fraction of sp³-hybridized carbons (Fsp3) is 1.00. The van der Waals surface area contributed by atoms with Gasteiger partial charge in [-0.2, -0.15) is 0 Å². The van der Waals surface area contributed by atoms with E-state index in [0.29, 0.717) is 25.9 Å². The second-order valence-electron chi connectivity index (χ2n) is 6.53. The number of likely N-dealkylation sites (tertiary alicyclic amines) is 1. The van der Waals surface area contributed by atoms with Crippen molar-refractivity contribution in [2.24, 2.45) is 10.8 Å². The monoisotopic (exact) mass is 281 g/mol. The molecule has 1 saturated heterocycles. The first-order valence-electron chi connectivity index (χ1n) is 6.73. The summed E-state index contributed by atoms with van der Waals surface area (Å²) in [7, 11) is 1.42. The van der Waals surface area contributed by atoms with Gasteiger partial charge in [0.25, 0.3) is 11.8 Å². The maximum absolute atomic E-state index is 13.5. The fourth-order valence-corrected chi connectivity index (χ4v) is 3.52. The molecule has 1 heterocycles. The van der Waals surface area contributed by atoms with Gasteiger partial charge in [0.05, 0.1) is 12.0 Å². The molecule has 3 fully saturated rings. The molecule has 1 aliphatic heterocycles. The third kappa shape index (κ3) is 1.98. The largest absolute Gasteiger partial charge is 0.384 e. The summed E-state index contributed by atoms with van der Waals surface area (Å²) in [5.74, 6) is -5.19. The lowest BCUT2D eigenvalue weighted by Crippen LogP contribution is -2.42. The summed E-state index contributed by atoms with van der Waals surface area (Å²) < 4.78 is 58.3. The van der Waals surface area contributed by atoms with Gasteiger partial charge in [0.1, 0.15) is 0 Å². The average molecular weight is 281 g/mol. The van der Waals surface area contributed by atoms with Crippen LogP contribution < -0.4 is 0 Å². The molecule has 1 atom stereocenters. The van der Waals surface area contributed by atoms with E-state index in [2.05, 4.69) is 0 Å². The van der Waals surface area contributed by atoms with Gasteiger partial charge in [-0.3, -0.25) is 0 Å². The second-order valence-corrected chi connectivity index (χ2v) is 6.53. The smallest absolute Gasteiger partial charge is 0.258 e.